The normalized spacial score (nSPS) is 11.5. The largest absolute Gasteiger partial charge is 0.467 e. The van der Waals surface area contributed by atoms with Crippen molar-refractivity contribution < 1.29 is 4.42 Å². The Balaban J connectivity index is 1.36. The number of nitrogens with two attached hydrogens (primary N) is 1. The maximum atomic E-state index is 13.1. The first-order valence-corrected chi connectivity index (χ1v) is 10.8. The fourth-order valence-corrected chi connectivity index (χ4v) is 4.34. The highest BCUT2D eigenvalue weighted by molar-refractivity contribution is 7.99. The number of aryl methyl sites for hydroxylation is 1. The Morgan fingerprint density at radius 1 is 1.10 bits per heavy atom. The van der Waals surface area contributed by atoms with Crippen molar-refractivity contribution in [1.29, 1.82) is 0 Å². The van der Waals surface area contributed by atoms with Gasteiger partial charge in [-0.15, -0.1) is 0 Å². The number of furan rings is 1. The van der Waals surface area contributed by atoms with Crippen LogP contribution in [0.15, 0.2) is 69.7 Å². The highest BCUT2D eigenvalue weighted by Crippen LogP contribution is 2.21. The van der Waals surface area contributed by atoms with Crippen molar-refractivity contribution in [3.05, 3.63) is 71.4 Å². The van der Waals surface area contributed by atoms with Crippen molar-refractivity contribution >= 4 is 39.6 Å². The van der Waals surface area contributed by atoms with Gasteiger partial charge in [-0.3, -0.25) is 9.36 Å². The number of benzene rings is 1. The number of anilines is 1. The van der Waals surface area contributed by atoms with Crippen LogP contribution in [-0.4, -0.2) is 34.8 Å². The van der Waals surface area contributed by atoms with E-state index in [1.807, 2.05) is 34.9 Å². The second-order valence-corrected chi connectivity index (χ2v) is 8.02. The molecule has 5 aromatic rings. The lowest BCUT2D eigenvalue weighted by Gasteiger charge is -2.12. The summed E-state index contributed by atoms with van der Waals surface area (Å²) in [5.41, 5.74) is 7.80. The number of aromatic nitrogens is 6. The van der Waals surface area contributed by atoms with Crippen molar-refractivity contribution in [3.8, 4) is 0 Å². The van der Waals surface area contributed by atoms with Crippen molar-refractivity contribution in [3.63, 3.8) is 0 Å². The van der Waals surface area contributed by atoms with Crippen molar-refractivity contribution in [2.24, 2.45) is 0 Å². The topological polar surface area (TPSA) is 118 Å². The summed E-state index contributed by atoms with van der Waals surface area (Å²) in [4.78, 5) is 30.4. The molecule has 0 bridgehead atoms. The van der Waals surface area contributed by atoms with Crippen LogP contribution in [0.4, 0.5) is 5.82 Å². The fraction of sp³-hybridized carbons (Fsp3) is 0.190. The quantitative estimate of drug-likeness (QED) is 0.236. The lowest BCUT2D eigenvalue weighted by molar-refractivity contribution is 0.476. The van der Waals surface area contributed by atoms with Gasteiger partial charge in [-0.05, 0) is 30.7 Å². The molecule has 2 N–H and O–H groups in total. The molecule has 1 aromatic carbocycles. The van der Waals surface area contributed by atoms with Gasteiger partial charge in [0.15, 0.2) is 16.6 Å². The van der Waals surface area contributed by atoms with Gasteiger partial charge in [-0.2, -0.15) is 0 Å². The van der Waals surface area contributed by atoms with E-state index in [2.05, 4.69) is 15.0 Å². The fourth-order valence-electron chi connectivity index (χ4n) is 3.42. The molecule has 0 fully saturated rings. The van der Waals surface area contributed by atoms with Gasteiger partial charge in [0.2, 0.25) is 0 Å². The summed E-state index contributed by atoms with van der Waals surface area (Å²) in [5.74, 6) is 1.85. The van der Waals surface area contributed by atoms with Crippen LogP contribution >= 0.6 is 11.8 Å². The molecule has 0 aliphatic heterocycles. The monoisotopic (exact) mass is 433 g/mol. The predicted molar refractivity (Wildman–Crippen MR) is 119 cm³/mol. The number of para-hydroxylation sites is 1. The maximum Gasteiger partial charge on any atom is 0.262 e. The summed E-state index contributed by atoms with van der Waals surface area (Å²) in [6.07, 6.45) is 5.61. The number of hydrogen-bond donors (Lipinski definition) is 1. The molecule has 0 amide bonds. The molecule has 156 valence electrons. The van der Waals surface area contributed by atoms with Gasteiger partial charge >= 0.3 is 0 Å². The number of fused-ring (bicyclic) bond motifs is 2. The van der Waals surface area contributed by atoms with E-state index in [0.717, 1.165) is 24.4 Å². The number of nitrogens with zero attached hydrogens (tertiary/aromatic N) is 6. The van der Waals surface area contributed by atoms with Gasteiger partial charge in [0.1, 0.15) is 17.6 Å². The molecule has 0 saturated heterocycles. The average Bonchev–Trinajstić information content (AvgIpc) is 3.44. The van der Waals surface area contributed by atoms with Crippen LogP contribution in [0, 0.1) is 0 Å². The minimum atomic E-state index is -0.0720. The first-order valence-electron chi connectivity index (χ1n) is 9.77. The maximum absolute atomic E-state index is 13.1. The smallest absolute Gasteiger partial charge is 0.262 e. The number of hydrogen-bond acceptors (Lipinski definition) is 8. The third-order valence-corrected chi connectivity index (χ3v) is 5.99. The highest BCUT2D eigenvalue weighted by atomic mass is 32.2. The summed E-state index contributed by atoms with van der Waals surface area (Å²) in [6, 6.07) is 11.1. The minimum absolute atomic E-state index is 0.0720. The van der Waals surface area contributed by atoms with Crippen molar-refractivity contribution in [2.45, 2.75) is 24.7 Å². The summed E-state index contributed by atoms with van der Waals surface area (Å²) in [7, 11) is 0. The van der Waals surface area contributed by atoms with Crippen molar-refractivity contribution in [2.75, 3.05) is 11.5 Å². The Bertz CT molecular complexity index is 1410. The molecule has 0 aliphatic carbocycles. The molecule has 4 heterocycles. The summed E-state index contributed by atoms with van der Waals surface area (Å²) >= 11 is 1.55. The zero-order valence-electron chi connectivity index (χ0n) is 16.5. The molecule has 0 spiro atoms. The van der Waals surface area contributed by atoms with Gasteiger partial charge in [0.25, 0.3) is 5.56 Å². The van der Waals surface area contributed by atoms with E-state index >= 15 is 0 Å². The second kappa shape index (κ2) is 8.23. The van der Waals surface area contributed by atoms with Gasteiger partial charge < -0.3 is 14.7 Å². The van der Waals surface area contributed by atoms with Gasteiger partial charge in [0, 0.05) is 12.3 Å². The molecule has 0 saturated carbocycles. The van der Waals surface area contributed by atoms with E-state index in [1.165, 1.54) is 6.33 Å². The lowest BCUT2D eigenvalue weighted by Crippen LogP contribution is -2.24. The van der Waals surface area contributed by atoms with E-state index in [4.69, 9.17) is 15.1 Å². The first-order chi connectivity index (χ1) is 15.2. The lowest BCUT2D eigenvalue weighted by atomic mass is 10.2. The van der Waals surface area contributed by atoms with Crippen LogP contribution in [0.1, 0.15) is 12.2 Å². The second-order valence-electron chi connectivity index (χ2n) is 6.95. The molecule has 31 heavy (non-hydrogen) atoms. The zero-order chi connectivity index (χ0) is 21.2. The molecular formula is C21H19N7O2S. The summed E-state index contributed by atoms with van der Waals surface area (Å²) in [5, 5.41) is 1.27. The molecule has 0 aliphatic rings. The van der Waals surface area contributed by atoms with Crippen LogP contribution in [0.2, 0.25) is 0 Å². The Hall–Kier alpha value is -3.66. The molecular weight excluding hydrogens is 414 g/mol. The van der Waals surface area contributed by atoms with Gasteiger partial charge in [0.05, 0.1) is 30.0 Å². The summed E-state index contributed by atoms with van der Waals surface area (Å²) < 4.78 is 9.08. The van der Waals surface area contributed by atoms with Crippen LogP contribution in [0.5, 0.6) is 0 Å². The van der Waals surface area contributed by atoms with Crippen molar-refractivity contribution in [1.82, 2.24) is 29.1 Å². The Morgan fingerprint density at radius 2 is 2.00 bits per heavy atom. The molecule has 4 aromatic heterocycles. The van der Waals surface area contributed by atoms with Crippen LogP contribution < -0.4 is 11.3 Å². The Morgan fingerprint density at radius 3 is 2.87 bits per heavy atom. The van der Waals surface area contributed by atoms with E-state index < -0.39 is 0 Å². The van der Waals surface area contributed by atoms with E-state index in [-0.39, 0.29) is 5.56 Å². The molecule has 0 atom stereocenters. The number of nitrogen functional groups attached to an aromatic ring is 1. The third-order valence-electron chi connectivity index (χ3n) is 4.92. The van der Waals surface area contributed by atoms with E-state index in [0.29, 0.717) is 39.7 Å². The zero-order valence-corrected chi connectivity index (χ0v) is 17.3. The van der Waals surface area contributed by atoms with Crippen LogP contribution in [0.3, 0.4) is 0 Å². The standard InChI is InChI=1S/C21H19N7O2S/c22-18-17-19(24-12-23-18)27(13-25-17)8-4-10-31-21-26-16-7-2-1-6-15(16)20(29)28(21)11-14-5-3-9-30-14/h1-3,5-7,9,12-13H,4,8,10-11H2,(H2,22,23,24). The number of thioether (sulfide) groups is 1. The van der Waals surface area contributed by atoms with Crippen LogP contribution in [0.25, 0.3) is 22.1 Å². The SMILES string of the molecule is Nc1ncnc2c1ncn2CCCSc1nc2ccccc2c(=O)n1Cc1ccco1. The van der Waals surface area contributed by atoms with Gasteiger partial charge in [-0.25, -0.2) is 19.9 Å². The van der Waals surface area contributed by atoms with E-state index in [1.54, 1.807) is 35.0 Å². The molecule has 9 nitrogen and oxygen atoms in total. The Kier molecular flexibility index (Phi) is 5.13. The third kappa shape index (κ3) is 3.77. The Labute approximate surface area is 181 Å². The van der Waals surface area contributed by atoms with Gasteiger partial charge in [-0.1, -0.05) is 23.9 Å². The molecule has 5 rings (SSSR count). The average molecular weight is 433 g/mol. The first kappa shape index (κ1) is 19.3. The minimum Gasteiger partial charge on any atom is -0.467 e. The molecule has 0 unspecified atom stereocenters. The number of rotatable bonds is 7. The summed E-state index contributed by atoms with van der Waals surface area (Å²) in [6.45, 7) is 1.06. The molecule has 10 heteroatoms. The predicted octanol–water partition coefficient (Wildman–Crippen LogP) is 2.94. The molecule has 0 radical (unpaired) electrons. The highest BCUT2D eigenvalue weighted by Gasteiger charge is 2.13. The number of imidazole rings is 1. The van der Waals surface area contributed by atoms with E-state index in [9.17, 15) is 4.79 Å². The van der Waals surface area contributed by atoms with Crippen LogP contribution in [-0.2, 0) is 13.1 Å².